The molecule has 0 fully saturated rings. The van der Waals surface area contributed by atoms with Crippen molar-refractivity contribution < 1.29 is 0 Å². The molecular formula is C17H30. The summed E-state index contributed by atoms with van der Waals surface area (Å²) in [7, 11) is 0. The molecule has 98 valence electrons. The smallest absolute Gasteiger partial charge is 0.0166 e. The molecule has 0 amide bonds. The largest absolute Gasteiger partial charge is 0.0727 e. The summed E-state index contributed by atoms with van der Waals surface area (Å²) in [5.41, 5.74) is 3.16. The summed E-state index contributed by atoms with van der Waals surface area (Å²) in [4.78, 5) is 0. The second-order valence-electron chi connectivity index (χ2n) is 5.73. The summed E-state index contributed by atoms with van der Waals surface area (Å²) in [6.45, 7) is 6.85. The van der Waals surface area contributed by atoms with Gasteiger partial charge in [0.1, 0.15) is 0 Å². The number of unbranched alkanes of at least 4 members (excludes halogenated alkanes) is 6. The maximum Gasteiger partial charge on any atom is -0.0166 e. The number of hydrogen-bond acceptors (Lipinski definition) is 0. The third-order valence-corrected chi connectivity index (χ3v) is 4.00. The van der Waals surface area contributed by atoms with Crippen molar-refractivity contribution in [1.82, 2.24) is 0 Å². The molecule has 0 bridgehead atoms. The Kier molecular flexibility index (Phi) is 7.32. The number of allylic oxidation sites excluding steroid dienone is 4. The van der Waals surface area contributed by atoms with Gasteiger partial charge in [-0.1, -0.05) is 75.2 Å². The van der Waals surface area contributed by atoms with Gasteiger partial charge in [0.2, 0.25) is 0 Å². The molecular weight excluding hydrogens is 204 g/mol. The van der Waals surface area contributed by atoms with Gasteiger partial charge < -0.3 is 0 Å². The molecule has 1 atom stereocenters. The van der Waals surface area contributed by atoms with Crippen LogP contribution in [0.3, 0.4) is 0 Å². The van der Waals surface area contributed by atoms with Crippen LogP contribution >= 0.6 is 0 Å². The van der Waals surface area contributed by atoms with Crippen LogP contribution in [0, 0.1) is 5.92 Å². The highest BCUT2D eigenvalue weighted by Crippen LogP contribution is 2.29. The Morgan fingerprint density at radius 1 is 0.941 bits per heavy atom. The minimum atomic E-state index is 0.843. The first-order valence-electron chi connectivity index (χ1n) is 7.58. The average molecular weight is 234 g/mol. The van der Waals surface area contributed by atoms with Crippen LogP contribution in [0.4, 0.5) is 0 Å². The molecule has 1 rings (SSSR count). The Bertz CT molecular complexity index is 257. The Morgan fingerprint density at radius 2 is 1.59 bits per heavy atom. The van der Waals surface area contributed by atoms with Gasteiger partial charge in [-0.3, -0.25) is 0 Å². The van der Waals surface area contributed by atoms with E-state index in [9.17, 15) is 0 Å². The van der Waals surface area contributed by atoms with Crippen molar-refractivity contribution >= 4 is 0 Å². The first kappa shape index (κ1) is 14.5. The van der Waals surface area contributed by atoms with Gasteiger partial charge in [0, 0.05) is 0 Å². The van der Waals surface area contributed by atoms with Crippen molar-refractivity contribution in [3.05, 3.63) is 23.3 Å². The second-order valence-corrected chi connectivity index (χ2v) is 5.73. The minimum absolute atomic E-state index is 0.843. The predicted octanol–water partition coefficient (Wildman–Crippen LogP) is 6.04. The fourth-order valence-corrected chi connectivity index (χ4v) is 2.71. The highest BCUT2D eigenvalue weighted by Gasteiger charge is 2.13. The molecule has 0 aromatic carbocycles. The number of rotatable bonds is 8. The van der Waals surface area contributed by atoms with Crippen LogP contribution in [-0.4, -0.2) is 0 Å². The Labute approximate surface area is 108 Å². The Morgan fingerprint density at radius 3 is 2.29 bits per heavy atom. The molecule has 17 heavy (non-hydrogen) atoms. The van der Waals surface area contributed by atoms with Crippen molar-refractivity contribution in [2.45, 2.75) is 78.6 Å². The van der Waals surface area contributed by atoms with Crippen molar-refractivity contribution in [3.63, 3.8) is 0 Å². The molecule has 0 saturated heterocycles. The van der Waals surface area contributed by atoms with Gasteiger partial charge in [-0.2, -0.15) is 0 Å². The summed E-state index contributed by atoms with van der Waals surface area (Å²) in [5, 5.41) is 0. The highest BCUT2D eigenvalue weighted by atomic mass is 14.2. The summed E-state index contributed by atoms with van der Waals surface area (Å²) in [6.07, 6.45) is 17.3. The lowest BCUT2D eigenvalue weighted by atomic mass is 9.85. The first-order chi connectivity index (χ1) is 8.24. The minimum Gasteiger partial charge on any atom is -0.0727 e. The van der Waals surface area contributed by atoms with E-state index in [4.69, 9.17) is 0 Å². The zero-order chi connectivity index (χ0) is 12.5. The molecule has 0 aromatic rings. The van der Waals surface area contributed by atoms with Crippen LogP contribution < -0.4 is 0 Å². The molecule has 0 spiro atoms. The fourth-order valence-electron chi connectivity index (χ4n) is 2.71. The molecule has 0 aliphatic heterocycles. The van der Waals surface area contributed by atoms with E-state index >= 15 is 0 Å². The Balaban J connectivity index is 2.03. The van der Waals surface area contributed by atoms with Gasteiger partial charge in [0.05, 0.1) is 0 Å². The molecule has 0 N–H and O–H groups in total. The lowest BCUT2D eigenvalue weighted by molar-refractivity contribution is 0.492. The zero-order valence-corrected chi connectivity index (χ0v) is 12.1. The fraction of sp³-hybridized carbons (Fsp3) is 0.765. The van der Waals surface area contributed by atoms with E-state index in [1.807, 2.05) is 0 Å². The van der Waals surface area contributed by atoms with Crippen molar-refractivity contribution in [1.29, 1.82) is 0 Å². The SMILES string of the molecule is CCCCCCCCCC1CC(C)=CC=C1C. The van der Waals surface area contributed by atoms with Crippen LogP contribution in [0.1, 0.15) is 78.6 Å². The van der Waals surface area contributed by atoms with Gasteiger partial charge in [-0.15, -0.1) is 0 Å². The van der Waals surface area contributed by atoms with E-state index in [2.05, 4.69) is 32.9 Å². The molecule has 0 heteroatoms. The maximum absolute atomic E-state index is 2.32. The van der Waals surface area contributed by atoms with E-state index < -0.39 is 0 Å². The van der Waals surface area contributed by atoms with Crippen molar-refractivity contribution in [2.24, 2.45) is 5.92 Å². The monoisotopic (exact) mass is 234 g/mol. The molecule has 0 radical (unpaired) electrons. The molecule has 0 aromatic heterocycles. The van der Waals surface area contributed by atoms with Crippen molar-refractivity contribution in [2.75, 3.05) is 0 Å². The predicted molar refractivity (Wildman–Crippen MR) is 78.2 cm³/mol. The molecule has 0 nitrogen and oxygen atoms in total. The lowest BCUT2D eigenvalue weighted by Gasteiger charge is -2.21. The van der Waals surface area contributed by atoms with Crippen molar-refractivity contribution in [3.8, 4) is 0 Å². The van der Waals surface area contributed by atoms with Crippen LogP contribution in [-0.2, 0) is 0 Å². The molecule has 1 aliphatic rings. The quantitative estimate of drug-likeness (QED) is 0.449. The normalized spacial score (nSPS) is 20.1. The summed E-state index contributed by atoms with van der Waals surface area (Å²) >= 11 is 0. The zero-order valence-electron chi connectivity index (χ0n) is 12.1. The van der Waals surface area contributed by atoms with Crippen LogP contribution in [0.25, 0.3) is 0 Å². The molecule has 0 saturated carbocycles. The van der Waals surface area contributed by atoms with E-state index in [-0.39, 0.29) is 0 Å². The van der Waals surface area contributed by atoms with E-state index in [0.29, 0.717) is 0 Å². The highest BCUT2D eigenvalue weighted by molar-refractivity contribution is 5.24. The van der Waals surface area contributed by atoms with E-state index in [1.165, 1.54) is 57.8 Å². The van der Waals surface area contributed by atoms with Gasteiger partial charge in [0.15, 0.2) is 0 Å². The first-order valence-corrected chi connectivity index (χ1v) is 7.58. The van der Waals surface area contributed by atoms with Gasteiger partial charge in [0.25, 0.3) is 0 Å². The van der Waals surface area contributed by atoms with Crippen LogP contribution in [0.15, 0.2) is 23.3 Å². The van der Waals surface area contributed by atoms with Gasteiger partial charge >= 0.3 is 0 Å². The van der Waals surface area contributed by atoms with E-state index in [0.717, 1.165) is 5.92 Å². The third-order valence-electron chi connectivity index (χ3n) is 4.00. The van der Waals surface area contributed by atoms with Gasteiger partial charge in [-0.05, 0) is 32.6 Å². The standard InChI is InChI=1S/C17H30/c1-4-5-6-7-8-9-10-11-17-14-15(2)12-13-16(17)3/h12-13,17H,4-11,14H2,1-3H3. The van der Waals surface area contributed by atoms with E-state index in [1.54, 1.807) is 11.1 Å². The van der Waals surface area contributed by atoms with Gasteiger partial charge in [-0.25, -0.2) is 0 Å². The topological polar surface area (TPSA) is 0 Å². The Hall–Kier alpha value is -0.520. The molecule has 1 unspecified atom stereocenters. The van der Waals surface area contributed by atoms with Crippen LogP contribution in [0.5, 0.6) is 0 Å². The summed E-state index contributed by atoms with van der Waals surface area (Å²) in [5.74, 6) is 0.843. The second kappa shape index (κ2) is 8.55. The molecule has 1 aliphatic carbocycles. The number of hydrogen-bond donors (Lipinski definition) is 0. The maximum atomic E-state index is 2.32. The summed E-state index contributed by atoms with van der Waals surface area (Å²) in [6, 6.07) is 0. The molecule has 0 heterocycles. The third kappa shape index (κ3) is 6.10. The average Bonchev–Trinajstić information content (AvgIpc) is 2.32. The van der Waals surface area contributed by atoms with Crippen LogP contribution in [0.2, 0.25) is 0 Å². The lowest BCUT2D eigenvalue weighted by Crippen LogP contribution is -2.06. The summed E-state index contributed by atoms with van der Waals surface area (Å²) < 4.78 is 0.